The topological polar surface area (TPSA) is 111 Å². The number of fused-ring (bicyclic) bond motifs is 2. The minimum absolute atomic E-state index is 0.236. The fourth-order valence-electron chi connectivity index (χ4n) is 3.16. The molecule has 0 spiro atoms. The summed E-state index contributed by atoms with van der Waals surface area (Å²) in [5.41, 5.74) is 0.923. The highest BCUT2D eigenvalue weighted by Gasteiger charge is 2.37. The third-order valence-corrected chi connectivity index (χ3v) is 4.65. The van der Waals surface area contributed by atoms with Crippen molar-refractivity contribution in [3.63, 3.8) is 0 Å². The molecule has 0 radical (unpaired) electrons. The minimum atomic E-state index is -1.14. The first-order valence-electron chi connectivity index (χ1n) is 9.29. The van der Waals surface area contributed by atoms with E-state index < -0.39 is 36.3 Å². The normalized spacial score (nSPS) is 15.4. The largest absolute Gasteiger partial charge is 0.486 e. The molecule has 1 N–H and O–H groups in total. The summed E-state index contributed by atoms with van der Waals surface area (Å²) < 4.78 is 16.0. The van der Waals surface area contributed by atoms with Crippen LogP contribution in [-0.4, -0.2) is 54.5 Å². The van der Waals surface area contributed by atoms with Crippen LogP contribution in [0.1, 0.15) is 27.6 Å². The maximum Gasteiger partial charge on any atom is 0.326 e. The van der Waals surface area contributed by atoms with Crippen LogP contribution < -0.4 is 14.8 Å². The Morgan fingerprint density at radius 1 is 1.03 bits per heavy atom. The van der Waals surface area contributed by atoms with E-state index in [0.717, 1.165) is 4.90 Å². The molecular formula is C21H18N2O7. The highest BCUT2D eigenvalue weighted by atomic mass is 16.6. The molecule has 2 heterocycles. The number of amides is 3. The Labute approximate surface area is 171 Å². The summed E-state index contributed by atoms with van der Waals surface area (Å²) in [5, 5.41) is 2.62. The van der Waals surface area contributed by atoms with Crippen LogP contribution in [-0.2, 0) is 14.3 Å². The Morgan fingerprint density at radius 2 is 1.67 bits per heavy atom. The standard InChI is InChI=1S/C21H18N2O7/c1-12(19(25)22-13-6-7-16-17(10-13)29-9-8-28-16)30-18(24)11-23-20(26)14-4-2-3-5-15(14)21(23)27/h2-7,10,12H,8-9,11H2,1H3,(H,22,25)/t12-/m0/s1. The quantitative estimate of drug-likeness (QED) is 0.589. The van der Waals surface area contributed by atoms with Crippen LogP contribution in [0.3, 0.4) is 0 Å². The summed E-state index contributed by atoms with van der Waals surface area (Å²) in [4.78, 5) is 50.0. The van der Waals surface area contributed by atoms with Gasteiger partial charge in [0.25, 0.3) is 17.7 Å². The second kappa shape index (κ2) is 7.86. The molecule has 9 nitrogen and oxygen atoms in total. The Hall–Kier alpha value is -3.88. The number of hydrogen-bond donors (Lipinski definition) is 1. The van der Waals surface area contributed by atoms with Crippen LogP contribution >= 0.6 is 0 Å². The Morgan fingerprint density at radius 3 is 2.33 bits per heavy atom. The SMILES string of the molecule is C[C@H](OC(=O)CN1C(=O)c2ccccc2C1=O)C(=O)Nc1ccc2c(c1)OCCO2. The van der Waals surface area contributed by atoms with Crippen molar-refractivity contribution in [2.75, 3.05) is 25.1 Å². The van der Waals surface area contributed by atoms with Gasteiger partial charge in [-0.05, 0) is 31.2 Å². The van der Waals surface area contributed by atoms with Gasteiger partial charge in [-0.2, -0.15) is 0 Å². The van der Waals surface area contributed by atoms with Gasteiger partial charge in [-0.1, -0.05) is 12.1 Å². The monoisotopic (exact) mass is 410 g/mol. The maximum atomic E-state index is 12.4. The van der Waals surface area contributed by atoms with Gasteiger partial charge >= 0.3 is 5.97 Å². The molecule has 0 bridgehead atoms. The maximum absolute atomic E-state index is 12.4. The van der Waals surface area contributed by atoms with Crippen LogP contribution in [0.5, 0.6) is 11.5 Å². The van der Waals surface area contributed by atoms with Crippen molar-refractivity contribution in [2.24, 2.45) is 0 Å². The average Bonchev–Trinajstić information content (AvgIpc) is 2.98. The Kier molecular flexibility index (Phi) is 5.09. The van der Waals surface area contributed by atoms with Crippen LogP contribution in [0.15, 0.2) is 42.5 Å². The molecule has 2 aromatic carbocycles. The number of carbonyl (C=O) groups excluding carboxylic acids is 4. The number of nitrogens with zero attached hydrogens (tertiary/aromatic N) is 1. The molecule has 2 aliphatic heterocycles. The van der Waals surface area contributed by atoms with E-state index in [1.165, 1.54) is 19.1 Å². The number of imide groups is 1. The van der Waals surface area contributed by atoms with E-state index in [0.29, 0.717) is 30.4 Å². The van der Waals surface area contributed by atoms with E-state index in [1.807, 2.05) is 0 Å². The molecular weight excluding hydrogens is 392 g/mol. The number of rotatable bonds is 5. The van der Waals surface area contributed by atoms with Gasteiger partial charge in [-0.25, -0.2) is 0 Å². The van der Waals surface area contributed by atoms with Gasteiger partial charge in [-0.15, -0.1) is 0 Å². The summed E-state index contributed by atoms with van der Waals surface area (Å²) in [6.45, 7) is 1.69. The molecule has 0 aliphatic carbocycles. The van der Waals surface area contributed by atoms with Crippen molar-refractivity contribution in [2.45, 2.75) is 13.0 Å². The number of anilines is 1. The lowest BCUT2D eigenvalue weighted by molar-refractivity contribution is -0.153. The van der Waals surface area contributed by atoms with Crippen LogP contribution in [0, 0.1) is 0 Å². The third kappa shape index (κ3) is 3.69. The number of ether oxygens (including phenoxy) is 3. The van der Waals surface area contributed by atoms with Gasteiger partial charge in [0, 0.05) is 11.8 Å². The molecule has 30 heavy (non-hydrogen) atoms. The molecule has 3 amide bonds. The summed E-state index contributed by atoms with van der Waals surface area (Å²) in [5.74, 6) is -1.48. The summed E-state index contributed by atoms with van der Waals surface area (Å²) in [6, 6.07) is 11.2. The van der Waals surface area contributed by atoms with E-state index >= 15 is 0 Å². The number of nitrogens with one attached hydrogen (secondary N) is 1. The lowest BCUT2D eigenvalue weighted by atomic mass is 10.1. The van der Waals surface area contributed by atoms with E-state index in [-0.39, 0.29) is 11.1 Å². The van der Waals surface area contributed by atoms with Crippen LogP contribution in [0.25, 0.3) is 0 Å². The zero-order chi connectivity index (χ0) is 21.3. The van der Waals surface area contributed by atoms with Crippen molar-refractivity contribution in [1.82, 2.24) is 4.90 Å². The second-order valence-electron chi connectivity index (χ2n) is 6.72. The highest BCUT2D eigenvalue weighted by molar-refractivity contribution is 6.22. The summed E-state index contributed by atoms with van der Waals surface area (Å²) in [6.07, 6.45) is -1.14. The van der Waals surface area contributed by atoms with Gasteiger partial charge in [0.15, 0.2) is 17.6 Å². The number of esters is 1. The van der Waals surface area contributed by atoms with Crippen molar-refractivity contribution in [3.8, 4) is 11.5 Å². The van der Waals surface area contributed by atoms with Gasteiger partial charge in [-0.3, -0.25) is 24.1 Å². The predicted octanol–water partition coefficient (Wildman–Crippen LogP) is 1.62. The van der Waals surface area contributed by atoms with Crippen molar-refractivity contribution in [3.05, 3.63) is 53.6 Å². The lowest BCUT2D eigenvalue weighted by Crippen LogP contribution is -2.38. The van der Waals surface area contributed by atoms with E-state index in [2.05, 4.69) is 5.32 Å². The van der Waals surface area contributed by atoms with Crippen molar-refractivity contribution < 1.29 is 33.4 Å². The minimum Gasteiger partial charge on any atom is -0.486 e. The molecule has 2 aliphatic rings. The van der Waals surface area contributed by atoms with Crippen LogP contribution in [0.4, 0.5) is 5.69 Å². The first-order valence-corrected chi connectivity index (χ1v) is 9.29. The number of carbonyl (C=O) groups is 4. The van der Waals surface area contributed by atoms with E-state index in [4.69, 9.17) is 14.2 Å². The number of hydrogen-bond acceptors (Lipinski definition) is 7. The molecule has 0 fully saturated rings. The van der Waals surface area contributed by atoms with E-state index in [9.17, 15) is 19.2 Å². The van der Waals surface area contributed by atoms with Gasteiger partial charge in [0.1, 0.15) is 19.8 Å². The first-order chi connectivity index (χ1) is 14.4. The molecule has 0 unspecified atom stereocenters. The molecule has 9 heteroatoms. The third-order valence-electron chi connectivity index (χ3n) is 4.65. The lowest BCUT2D eigenvalue weighted by Gasteiger charge is -2.20. The van der Waals surface area contributed by atoms with Crippen molar-refractivity contribution >= 4 is 29.4 Å². The highest BCUT2D eigenvalue weighted by Crippen LogP contribution is 2.32. The molecule has 1 atom stereocenters. The van der Waals surface area contributed by atoms with Gasteiger partial charge in [0.2, 0.25) is 0 Å². The van der Waals surface area contributed by atoms with Crippen molar-refractivity contribution in [1.29, 1.82) is 0 Å². The van der Waals surface area contributed by atoms with Crippen LogP contribution in [0.2, 0.25) is 0 Å². The molecule has 154 valence electrons. The molecule has 0 aromatic heterocycles. The first kappa shape index (κ1) is 19.4. The Balaban J connectivity index is 1.34. The number of benzene rings is 2. The molecule has 0 saturated heterocycles. The molecule has 4 rings (SSSR count). The molecule has 2 aromatic rings. The zero-order valence-electron chi connectivity index (χ0n) is 16.0. The summed E-state index contributed by atoms with van der Waals surface area (Å²) in [7, 11) is 0. The summed E-state index contributed by atoms with van der Waals surface area (Å²) >= 11 is 0. The fraction of sp³-hybridized carbons (Fsp3) is 0.238. The zero-order valence-corrected chi connectivity index (χ0v) is 16.0. The average molecular weight is 410 g/mol. The smallest absolute Gasteiger partial charge is 0.326 e. The van der Waals surface area contributed by atoms with E-state index in [1.54, 1.807) is 30.3 Å². The Bertz CT molecular complexity index is 1010. The van der Waals surface area contributed by atoms with Gasteiger partial charge < -0.3 is 19.5 Å². The fourth-order valence-corrected chi connectivity index (χ4v) is 3.16. The second-order valence-corrected chi connectivity index (χ2v) is 6.72. The van der Waals surface area contributed by atoms with Gasteiger partial charge in [0.05, 0.1) is 11.1 Å². The predicted molar refractivity (Wildman–Crippen MR) is 103 cm³/mol. The molecule has 0 saturated carbocycles.